The predicted octanol–water partition coefficient (Wildman–Crippen LogP) is 7.67. The van der Waals surface area contributed by atoms with Crippen molar-refractivity contribution in [2.45, 2.75) is 19.8 Å². The molecule has 1 fully saturated rings. The van der Waals surface area contributed by atoms with Crippen LogP contribution in [0.1, 0.15) is 25.5 Å². The van der Waals surface area contributed by atoms with Crippen LogP contribution >= 0.6 is 47.0 Å². The van der Waals surface area contributed by atoms with Gasteiger partial charge in [-0.1, -0.05) is 41.7 Å². The van der Waals surface area contributed by atoms with Crippen molar-refractivity contribution in [1.82, 2.24) is 5.32 Å². The Bertz CT molecular complexity index is 1270. The number of hydrogen-bond acceptors (Lipinski definition) is 4. The number of halogens is 3. The number of carbonyl (C=O) groups is 1. The van der Waals surface area contributed by atoms with Crippen molar-refractivity contribution in [3.05, 3.63) is 75.4 Å². The van der Waals surface area contributed by atoms with E-state index in [-0.39, 0.29) is 5.11 Å². The summed E-state index contributed by atoms with van der Waals surface area (Å²) in [6.45, 7) is 4.27. The van der Waals surface area contributed by atoms with E-state index in [1.807, 2.05) is 18.2 Å². The fraction of sp³-hybridized carbons (Fsp3) is 0.231. The Morgan fingerprint density at radius 2 is 1.83 bits per heavy atom. The lowest BCUT2D eigenvalue weighted by Gasteiger charge is -2.32. The van der Waals surface area contributed by atoms with Gasteiger partial charge >= 0.3 is 0 Å². The first-order chi connectivity index (χ1) is 16.8. The lowest BCUT2D eigenvalue weighted by atomic mass is 9.99. The Balaban J connectivity index is 1.31. The van der Waals surface area contributed by atoms with E-state index in [1.54, 1.807) is 36.4 Å². The molecule has 1 aliphatic heterocycles. The minimum Gasteiger partial charge on any atom is -0.457 e. The summed E-state index contributed by atoms with van der Waals surface area (Å²) >= 11 is 24.0. The summed E-state index contributed by atoms with van der Waals surface area (Å²) in [6.07, 6.45) is 5.21. The average molecular weight is 549 g/mol. The largest absolute Gasteiger partial charge is 0.457 e. The number of piperidine rings is 1. The van der Waals surface area contributed by atoms with Gasteiger partial charge in [-0.3, -0.25) is 10.1 Å². The quantitative estimate of drug-likeness (QED) is 0.253. The van der Waals surface area contributed by atoms with E-state index >= 15 is 0 Å². The molecule has 2 aromatic carbocycles. The number of thiocarbonyl (C=S) groups is 1. The fourth-order valence-electron chi connectivity index (χ4n) is 3.84. The second kappa shape index (κ2) is 11.5. The van der Waals surface area contributed by atoms with Crippen LogP contribution in [0.25, 0.3) is 17.4 Å². The highest BCUT2D eigenvalue weighted by Gasteiger charge is 2.18. The number of amides is 1. The second-order valence-corrected chi connectivity index (χ2v) is 10.1. The van der Waals surface area contributed by atoms with Crippen molar-refractivity contribution in [2.75, 3.05) is 23.3 Å². The highest BCUT2D eigenvalue weighted by atomic mass is 35.5. The molecule has 5 nitrogen and oxygen atoms in total. The Kier molecular flexibility index (Phi) is 8.39. The van der Waals surface area contributed by atoms with Gasteiger partial charge in [0.05, 0.1) is 15.7 Å². The van der Waals surface area contributed by atoms with Crippen molar-refractivity contribution < 1.29 is 9.21 Å². The molecule has 4 rings (SSSR count). The fourth-order valence-corrected chi connectivity index (χ4v) is 4.86. The van der Waals surface area contributed by atoms with Gasteiger partial charge in [0, 0.05) is 35.4 Å². The molecule has 0 atom stereocenters. The molecule has 0 spiro atoms. The van der Waals surface area contributed by atoms with Crippen molar-refractivity contribution in [1.29, 1.82) is 0 Å². The number of furan rings is 1. The van der Waals surface area contributed by atoms with E-state index in [2.05, 4.69) is 22.5 Å². The molecule has 2 heterocycles. The maximum absolute atomic E-state index is 12.3. The molecule has 0 saturated carbocycles. The normalized spacial score (nSPS) is 14.3. The molecule has 0 bridgehead atoms. The Morgan fingerprint density at radius 1 is 1.06 bits per heavy atom. The zero-order valence-corrected chi connectivity index (χ0v) is 22.1. The third kappa shape index (κ3) is 6.79. The van der Waals surface area contributed by atoms with Crippen molar-refractivity contribution in [2.24, 2.45) is 5.92 Å². The van der Waals surface area contributed by atoms with Gasteiger partial charge in [-0.15, -0.1) is 0 Å². The second-order valence-electron chi connectivity index (χ2n) is 8.44. The van der Waals surface area contributed by atoms with Gasteiger partial charge in [0.2, 0.25) is 5.91 Å². The van der Waals surface area contributed by atoms with E-state index in [0.29, 0.717) is 37.8 Å². The molecule has 1 aromatic heterocycles. The third-order valence-corrected chi connectivity index (χ3v) is 6.84. The van der Waals surface area contributed by atoms with Crippen LogP contribution in [0, 0.1) is 5.92 Å². The van der Waals surface area contributed by atoms with Crippen LogP contribution in [0.3, 0.4) is 0 Å². The van der Waals surface area contributed by atoms with Crippen LogP contribution in [-0.4, -0.2) is 24.1 Å². The van der Waals surface area contributed by atoms with E-state index in [9.17, 15) is 4.79 Å². The van der Waals surface area contributed by atoms with Gasteiger partial charge < -0.3 is 14.6 Å². The maximum atomic E-state index is 12.3. The standard InChI is InChI=1S/C26H24Cl3N3O2S/c1-16-10-12-32(13-11-16)23-7-3-18(15-22(23)29)30-26(35)31-25(33)9-5-19-4-8-24(34-19)20-6-2-17(27)14-21(20)28/h2-9,14-16H,10-13H2,1H3,(H2,30,31,33,35)/b9-5+. The van der Waals surface area contributed by atoms with Crippen LogP contribution < -0.4 is 15.5 Å². The van der Waals surface area contributed by atoms with Crippen LogP contribution in [0.4, 0.5) is 11.4 Å². The van der Waals surface area contributed by atoms with Crippen LogP contribution in [0.15, 0.2) is 59.0 Å². The van der Waals surface area contributed by atoms with Crippen molar-refractivity contribution >= 4 is 75.5 Å². The lowest BCUT2D eigenvalue weighted by Crippen LogP contribution is -2.33. The monoisotopic (exact) mass is 547 g/mol. The number of nitrogens with one attached hydrogen (secondary N) is 2. The molecule has 3 aromatic rings. The number of nitrogens with zero attached hydrogens (tertiary/aromatic N) is 1. The highest BCUT2D eigenvalue weighted by Crippen LogP contribution is 2.33. The van der Waals surface area contributed by atoms with E-state index < -0.39 is 5.91 Å². The number of hydrogen-bond donors (Lipinski definition) is 2. The SMILES string of the molecule is CC1CCN(c2ccc(NC(=S)NC(=O)/C=C/c3ccc(-c4ccc(Cl)cc4Cl)o3)cc2Cl)CC1. The first-order valence-corrected chi connectivity index (χ1v) is 12.7. The van der Waals surface area contributed by atoms with Crippen LogP contribution in [0.5, 0.6) is 0 Å². The summed E-state index contributed by atoms with van der Waals surface area (Å²) in [7, 11) is 0. The summed E-state index contributed by atoms with van der Waals surface area (Å²) in [5.41, 5.74) is 2.43. The first kappa shape index (κ1) is 25.6. The molecule has 182 valence electrons. The molecule has 1 amide bonds. The number of rotatable bonds is 5. The van der Waals surface area contributed by atoms with Gasteiger partial charge in [0.15, 0.2) is 5.11 Å². The number of carbonyl (C=O) groups excluding carboxylic acids is 1. The zero-order valence-electron chi connectivity index (χ0n) is 19.0. The van der Waals surface area contributed by atoms with Crippen LogP contribution in [-0.2, 0) is 4.79 Å². The zero-order chi connectivity index (χ0) is 24.9. The summed E-state index contributed by atoms with van der Waals surface area (Å²) in [4.78, 5) is 14.6. The molecular formula is C26H24Cl3N3O2S. The van der Waals surface area contributed by atoms with Crippen molar-refractivity contribution in [3.63, 3.8) is 0 Å². The predicted molar refractivity (Wildman–Crippen MR) is 150 cm³/mol. The average Bonchev–Trinajstić information content (AvgIpc) is 3.27. The van der Waals surface area contributed by atoms with E-state index in [0.717, 1.165) is 37.5 Å². The van der Waals surface area contributed by atoms with Gasteiger partial charge in [-0.05, 0) is 85.6 Å². The number of anilines is 2. The van der Waals surface area contributed by atoms with Crippen molar-refractivity contribution in [3.8, 4) is 11.3 Å². The summed E-state index contributed by atoms with van der Waals surface area (Å²) < 4.78 is 5.76. The van der Waals surface area contributed by atoms with Gasteiger partial charge in [-0.25, -0.2) is 0 Å². The third-order valence-electron chi connectivity index (χ3n) is 5.79. The molecule has 0 radical (unpaired) electrons. The maximum Gasteiger partial charge on any atom is 0.250 e. The summed E-state index contributed by atoms with van der Waals surface area (Å²) in [5, 5.41) is 7.46. The molecule has 35 heavy (non-hydrogen) atoms. The first-order valence-electron chi connectivity index (χ1n) is 11.2. The topological polar surface area (TPSA) is 57.5 Å². The van der Waals surface area contributed by atoms with Crippen LogP contribution in [0.2, 0.25) is 15.1 Å². The molecule has 0 aliphatic carbocycles. The molecule has 1 saturated heterocycles. The minimum absolute atomic E-state index is 0.170. The smallest absolute Gasteiger partial charge is 0.250 e. The summed E-state index contributed by atoms with van der Waals surface area (Å²) in [5.74, 6) is 1.42. The van der Waals surface area contributed by atoms with E-state index in [1.165, 1.54) is 6.08 Å². The Hall–Kier alpha value is -2.51. The van der Waals surface area contributed by atoms with Gasteiger partial charge in [0.25, 0.3) is 0 Å². The number of benzene rings is 2. The molecule has 0 unspecified atom stereocenters. The molecule has 9 heteroatoms. The van der Waals surface area contributed by atoms with Gasteiger partial charge in [-0.2, -0.15) is 0 Å². The Labute approximate surface area is 225 Å². The Morgan fingerprint density at radius 3 is 2.54 bits per heavy atom. The molecular weight excluding hydrogens is 525 g/mol. The molecule has 2 N–H and O–H groups in total. The minimum atomic E-state index is -0.393. The summed E-state index contributed by atoms with van der Waals surface area (Å²) in [6, 6.07) is 14.4. The lowest BCUT2D eigenvalue weighted by molar-refractivity contribution is -0.115. The highest BCUT2D eigenvalue weighted by molar-refractivity contribution is 7.80. The van der Waals surface area contributed by atoms with Gasteiger partial charge in [0.1, 0.15) is 11.5 Å². The van der Waals surface area contributed by atoms with E-state index in [4.69, 9.17) is 51.4 Å². The molecule has 1 aliphatic rings.